The Bertz CT molecular complexity index is 108. The van der Waals surface area contributed by atoms with Gasteiger partial charge in [-0.2, -0.15) is 0 Å². The number of likely N-dealkylation sites (tertiary alicyclic amines) is 1. The van der Waals surface area contributed by atoms with E-state index in [4.69, 9.17) is 0 Å². The van der Waals surface area contributed by atoms with Crippen molar-refractivity contribution >= 4 is 31.9 Å². The maximum atomic E-state index is 3.70. The number of rotatable bonds is 3. The first kappa shape index (κ1) is 10.0. The molecular weight excluding hydrogens is 270 g/mol. The van der Waals surface area contributed by atoms with E-state index in [9.17, 15) is 0 Å². The van der Waals surface area contributed by atoms with Crippen molar-refractivity contribution in [1.82, 2.24) is 4.90 Å². The summed E-state index contributed by atoms with van der Waals surface area (Å²) in [4.78, 5) is 3.18. The maximum Gasteiger partial charge on any atom is 0.0655 e. The first-order valence-corrected chi connectivity index (χ1v) is 6.32. The van der Waals surface area contributed by atoms with Crippen LogP contribution in [0.5, 0.6) is 0 Å². The van der Waals surface area contributed by atoms with E-state index in [-0.39, 0.29) is 0 Å². The molecule has 1 saturated heterocycles. The van der Waals surface area contributed by atoms with Crippen LogP contribution < -0.4 is 0 Å². The smallest absolute Gasteiger partial charge is 0.0655 e. The molecule has 0 aromatic heterocycles. The van der Waals surface area contributed by atoms with E-state index in [1.165, 1.54) is 38.8 Å². The van der Waals surface area contributed by atoms with E-state index in [0.717, 1.165) is 5.33 Å². The Morgan fingerprint density at radius 3 is 2.82 bits per heavy atom. The van der Waals surface area contributed by atoms with Crippen molar-refractivity contribution in [1.29, 1.82) is 0 Å². The van der Waals surface area contributed by atoms with Gasteiger partial charge in [0.25, 0.3) is 0 Å². The van der Waals surface area contributed by atoms with Gasteiger partial charge in [0.1, 0.15) is 0 Å². The molecule has 1 heterocycles. The van der Waals surface area contributed by atoms with Gasteiger partial charge in [-0.05, 0) is 32.2 Å². The van der Waals surface area contributed by atoms with Crippen LogP contribution in [-0.2, 0) is 0 Å². The van der Waals surface area contributed by atoms with Crippen LogP contribution in [0.15, 0.2) is 0 Å². The molecule has 0 radical (unpaired) electrons. The molecule has 0 amide bonds. The minimum Gasteiger partial charge on any atom is -0.291 e. The molecule has 1 unspecified atom stereocenters. The lowest BCUT2D eigenvalue weighted by atomic mass is 10.1. The molecule has 1 atom stereocenters. The normalized spacial score (nSPS) is 27.3. The molecule has 3 heteroatoms. The molecule has 1 fully saturated rings. The summed E-state index contributed by atoms with van der Waals surface area (Å²) in [6.45, 7) is 2.52. The second-order valence-electron chi connectivity index (χ2n) is 3.01. The minimum absolute atomic E-state index is 0.648. The first-order chi connectivity index (χ1) is 5.34. The van der Waals surface area contributed by atoms with Crippen molar-refractivity contribution in [3.8, 4) is 0 Å². The summed E-state index contributed by atoms with van der Waals surface area (Å²) in [7, 11) is 0. The molecule has 0 N–H and O–H groups in total. The molecule has 11 heavy (non-hydrogen) atoms. The van der Waals surface area contributed by atoms with Crippen LogP contribution >= 0.6 is 31.9 Å². The van der Waals surface area contributed by atoms with Crippen molar-refractivity contribution in [2.45, 2.75) is 30.6 Å². The third-order valence-electron chi connectivity index (χ3n) is 2.11. The Balaban J connectivity index is 2.18. The van der Waals surface area contributed by atoms with Gasteiger partial charge in [-0.3, -0.25) is 4.90 Å². The van der Waals surface area contributed by atoms with E-state index >= 15 is 0 Å². The van der Waals surface area contributed by atoms with Gasteiger partial charge in [0.15, 0.2) is 0 Å². The van der Waals surface area contributed by atoms with Gasteiger partial charge in [0.05, 0.1) is 4.95 Å². The summed E-state index contributed by atoms with van der Waals surface area (Å²) in [5.41, 5.74) is 0. The second-order valence-corrected chi connectivity index (χ2v) is 4.86. The highest BCUT2D eigenvalue weighted by Gasteiger charge is 2.18. The van der Waals surface area contributed by atoms with Crippen molar-refractivity contribution < 1.29 is 0 Å². The highest BCUT2D eigenvalue weighted by atomic mass is 79.9. The largest absolute Gasteiger partial charge is 0.291 e. The standard InChI is InChI=1S/C8H15Br2N/c9-5-3-7-11-6-2-1-4-8(11)10/h8H,1-7H2. The number of hydrogen-bond acceptors (Lipinski definition) is 1. The summed E-state index contributed by atoms with van der Waals surface area (Å²) in [6.07, 6.45) is 5.36. The Morgan fingerprint density at radius 2 is 2.18 bits per heavy atom. The lowest BCUT2D eigenvalue weighted by Crippen LogP contribution is -2.36. The lowest BCUT2D eigenvalue weighted by Gasteiger charge is -2.31. The molecule has 1 nitrogen and oxygen atoms in total. The summed E-state index contributed by atoms with van der Waals surface area (Å²) < 4.78 is 0. The number of nitrogens with zero attached hydrogens (tertiary/aromatic N) is 1. The van der Waals surface area contributed by atoms with E-state index in [0.29, 0.717) is 4.95 Å². The predicted octanol–water partition coefficient (Wildman–Crippen LogP) is 2.98. The fourth-order valence-corrected chi connectivity index (χ4v) is 2.45. The summed E-state index contributed by atoms with van der Waals surface area (Å²) in [6, 6.07) is 0. The van der Waals surface area contributed by atoms with Crippen LogP contribution in [0.25, 0.3) is 0 Å². The van der Waals surface area contributed by atoms with E-state index < -0.39 is 0 Å². The Labute approximate surface area is 85.8 Å². The van der Waals surface area contributed by atoms with Crippen LogP contribution in [0.1, 0.15) is 25.7 Å². The predicted molar refractivity (Wildman–Crippen MR) is 56.6 cm³/mol. The third-order valence-corrected chi connectivity index (χ3v) is 3.71. The quantitative estimate of drug-likeness (QED) is 0.569. The number of piperidine rings is 1. The Morgan fingerprint density at radius 1 is 1.36 bits per heavy atom. The fraction of sp³-hybridized carbons (Fsp3) is 1.00. The minimum atomic E-state index is 0.648. The van der Waals surface area contributed by atoms with Gasteiger partial charge in [-0.25, -0.2) is 0 Å². The molecule has 0 aromatic rings. The maximum absolute atomic E-state index is 3.70. The zero-order valence-corrected chi connectivity index (χ0v) is 9.90. The second kappa shape index (κ2) is 5.55. The van der Waals surface area contributed by atoms with Crippen LogP contribution in [0.4, 0.5) is 0 Å². The van der Waals surface area contributed by atoms with Crippen LogP contribution in [-0.4, -0.2) is 28.3 Å². The number of hydrogen-bond donors (Lipinski definition) is 0. The monoisotopic (exact) mass is 283 g/mol. The Hall–Kier alpha value is 0.920. The van der Waals surface area contributed by atoms with Crippen molar-refractivity contribution in [3.63, 3.8) is 0 Å². The van der Waals surface area contributed by atoms with E-state index in [1.807, 2.05) is 0 Å². The average Bonchev–Trinajstić information content (AvgIpc) is 2.03. The topological polar surface area (TPSA) is 3.24 Å². The van der Waals surface area contributed by atoms with Crippen LogP contribution in [0.2, 0.25) is 0 Å². The summed E-state index contributed by atoms with van der Waals surface area (Å²) in [5.74, 6) is 0. The van der Waals surface area contributed by atoms with E-state index in [1.54, 1.807) is 0 Å². The SMILES string of the molecule is BrCCCN1CCCCC1Br. The molecule has 0 spiro atoms. The van der Waals surface area contributed by atoms with Crippen LogP contribution in [0.3, 0.4) is 0 Å². The van der Waals surface area contributed by atoms with Gasteiger partial charge >= 0.3 is 0 Å². The fourth-order valence-electron chi connectivity index (χ4n) is 1.47. The van der Waals surface area contributed by atoms with E-state index in [2.05, 4.69) is 36.8 Å². The molecule has 66 valence electrons. The number of halogens is 2. The zero-order valence-electron chi connectivity index (χ0n) is 6.73. The lowest BCUT2D eigenvalue weighted by molar-refractivity contribution is 0.212. The highest BCUT2D eigenvalue weighted by molar-refractivity contribution is 9.09. The molecule has 0 bridgehead atoms. The summed E-state index contributed by atoms with van der Waals surface area (Å²) in [5, 5.41) is 1.13. The zero-order chi connectivity index (χ0) is 8.10. The van der Waals surface area contributed by atoms with Crippen molar-refractivity contribution in [2.75, 3.05) is 18.4 Å². The first-order valence-electron chi connectivity index (χ1n) is 4.28. The van der Waals surface area contributed by atoms with Gasteiger partial charge in [0, 0.05) is 11.9 Å². The molecule has 0 aliphatic carbocycles. The third kappa shape index (κ3) is 3.43. The molecule has 1 aliphatic rings. The molecule has 0 saturated carbocycles. The van der Waals surface area contributed by atoms with Gasteiger partial charge in [-0.1, -0.05) is 31.9 Å². The molecular formula is C8H15Br2N. The van der Waals surface area contributed by atoms with Crippen LogP contribution in [0, 0.1) is 0 Å². The summed E-state index contributed by atoms with van der Waals surface area (Å²) >= 11 is 7.15. The van der Waals surface area contributed by atoms with Gasteiger partial charge in [-0.15, -0.1) is 0 Å². The Kier molecular flexibility index (Phi) is 5.04. The number of alkyl halides is 2. The molecule has 1 aliphatic heterocycles. The van der Waals surface area contributed by atoms with Crippen molar-refractivity contribution in [3.05, 3.63) is 0 Å². The van der Waals surface area contributed by atoms with Gasteiger partial charge < -0.3 is 0 Å². The highest BCUT2D eigenvalue weighted by Crippen LogP contribution is 2.21. The molecule has 1 rings (SSSR count). The van der Waals surface area contributed by atoms with Crippen molar-refractivity contribution in [2.24, 2.45) is 0 Å². The molecule has 0 aromatic carbocycles. The van der Waals surface area contributed by atoms with Gasteiger partial charge in [0.2, 0.25) is 0 Å². The average molecular weight is 285 g/mol.